The van der Waals surface area contributed by atoms with Crippen LogP contribution >= 0.6 is 11.6 Å². The van der Waals surface area contributed by atoms with E-state index in [9.17, 15) is 0 Å². The molecule has 0 atom stereocenters. The van der Waals surface area contributed by atoms with Crippen LogP contribution in [-0.4, -0.2) is 47.6 Å². The Balaban J connectivity index is 1.77. The third-order valence-electron chi connectivity index (χ3n) is 4.43. The molecule has 24 heavy (non-hydrogen) atoms. The fraction of sp³-hybridized carbons (Fsp3) is 0.444. The second-order valence-electron chi connectivity index (χ2n) is 6.23. The van der Waals surface area contributed by atoms with Crippen LogP contribution in [0.5, 0.6) is 0 Å². The molecule has 1 aliphatic heterocycles. The second kappa shape index (κ2) is 7.36. The predicted octanol–water partition coefficient (Wildman–Crippen LogP) is 3.63. The molecular formula is C18H24ClN5. The van der Waals surface area contributed by atoms with Crippen molar-refractivity contribution in [2.75, 3.05) is 42.9 Å². The van der Waals surface area contributed by atoms with Gasteiger partial charge in [-0.05, 0) is 43.7 Å². The van der Waals surface area contributed by atoms with Gasteiger partial charge in [0.15, 0.2) is 0 Å². The lowest BCUT2D eigenvalue weighted by Crippen LogP contribution is -2.46. The molecule has 1 aromatic heterocycles. The van der Waals surface area contributed by atoms with Crippen LogP contribution in [0.1, 0.15) is 18.1 Å². The molecule has 1 fully saturated rings. The fourth-order valence-electron chi connectivity index (χ4n) is 3.04. The van der Waals surface area contributed by atoms with Gasteiger partial charge in [-0.2, -0.15) is 4.98 Å². The van der Waals surface area contributed by atoms with Crippen molar-refractivity contribution in [3.05, 3.63) is 40.5 Å². The highest BCUT2D eigenvalue weighted by Gasteiger charge is 2.18. The van der Waals surface area contributed by atoms with Crippen molar-refractivity contribution < 1.29 is 0 Å². The summed E-state index contributed by atoms with van der Waals surface area (Å²) in [7, 11) is 0. The highest BCUT2D eigenvalue weighted by molar-refractivity contribution is 6.33. The largest absolute Gasteiger partial charge is 0.339 e. The van der Waals surface area contributed by atoms with Gasteiger partial charge in [0.25, 0.3) is 0 Å². The lowest BCUT2D eigenvalue weighted by Gasteiger charge is -2.34. The Labute approximate surface area is 148 Å². The molecule has 1 N–H and O–H groups in total. The molecule has 3 rings (SSSR count). The average molecular weight is 346 g/mol. The zero-order valence-electron chi connectivity index (χ0n) is 14.5. The molecule has 2 heterocycles. The molecule has 0 bridgehead atoms. The normalized spacial score (nSPS) is 15.6. The van der Waals surface area contributed by atoms with Crippen LogP contribution in [0.4, 0.5) is 17.5 Å². The zero-order chi connectivity index (χ0) is 17.1. The molecule has 128 valence electrons. The summed E-state index contributed by atoms with van der Waals surface area (Å²) >= 11 is 6.38. The van der Waals surface area contributed by atoms with E-state index in [0.29, 0.717) is 5.02 Å². The van der Waals surface area contributed by atoms with Gasteiger partial charge in [0.2, 0.25) is 5.95 Å². The van der Waals surface area contributed by atoms with E-state index in [4.69, 9.17) is 11.6 Å². The van der Waals surface area contributed by atoms with E-state index in [1.807, 2.05) is 26.0 Å². The van der Waals surface area contributed by atoms with Crippen LogP contribution in [-0.2, 0) is 0 Å². The van der Waals surface area contributed by atoms with Crippen LogP contribution in [0.2, 0.25) is 5.02 Å². The van der Waals surface area contributed by atoms with Crippen molar-refractivity contribution in [2.45, 2.75) is 20.8 Å². The third kappa shape index (κ3) is 3.79. The van der Waals surface area contributed by atoms with E-state index in [1.165, 1.54) is 0 Å². The SMILES string of the molecule is CCN1CCN(c2nccc(Nc3c(C)cc(C)cc3Cl)n2)CC1. The number of piperazine rings is 1. The van der Waals surface area contributed by atoms with Gasteiger partial charge < -0.3 is 15.1 Å². The molecule has 1 aromatic carbocycles. The smallest absolute Gasteiger partial charge is 0.227 e. The number of hydrogen-bond acceptors (Lipinski definition) is 5. The summed E-state index contributed by atoms with van der Waals surface area (Å²) in [6.45, 7) is 11.4. The van der Waals surface area contributed by atoms with Crippen molar-refractivity contribution in [1.82, 2.24) is 14.9 Å². The third-order valence-corrected chi connectivity index (χ3v) is 4.73. The highest BCUT2D eigenvalue weighted by Crippen LogP contribution is 2.30. The summed E-state index contributed by atoms with van der Waals surface area (Å²) in [6, 6.07) is 5.95. The van der Waals surface area contributed by atoms with Gasteiger partial charge >= 0.3 is 0 Å². The Morgan fingerprint density at radius 1 is 1.17 bits per heavy atom. The molecule has 0 saturated carbocycles. The highest BCUT2D eigenvalue weighted by atomic mass is 35.5. The Morgan fingerprint density at radius 2 is 1.92 bits per heavy atom. The minimum atomic E-state index is 0.712. The molecule has 0 amide bonds. The van der Waals surface area contributed by atoms with E-state index in [2.05, 4.69) is 38.1 Å². The first-order chi connectivity index (χ1) is 11.6. The maximum atomic E-state index is 6.38. The maximum absolute atomic E-state index is 6.38. The molecule has 0 spiro atoms. The number of hydrogen-bond donors (Lipinski definition) is 1. The summed E-state index contributed by atoms with van der Waals surface area (Å²) in [5, 5.41) is 4.06. The van der Waals surface area contributed by atoms with Gasteiger partial charge in [-0.3, -0.25) is 0 Å². The molecule has 6 heteroatoms. The maximum Gasteiger partial charge on any atom is 0.227 e. The standard InChI is InChI=1S/C18H24ClN5/c1-4-23-7-9-24(10-8-23)18-20-6-5-16(22-18)21-17-14(3)11-13(2)12-15(17)19/h5-6,11-12H,4,7-10H2,1-3H3,(H,20,21,22). The first-order valence-electron chi connectivity index (χ1n) is 8.41. The fourth-order valence-corrected chi connectivity index (χ4v) is 3.40. The Kier molecular flexibility index (Phi) is 5.21. The van der Waals surface area contributed by atoms with E-state index in [-0.39, 0.29) is 0 Å². The molecule has 1 aliphatic rings. The van der Waals surface area contributed by atoms with Crippen molar-refractivity contribution >= 4 is 29.1 Å². The molecule has 5 nitrogen and oxygen atoms in total. The first-order valence-corrected chi connectivity index (χ1v) is 8.78. The Hall–Kier alpha value is -1.85. The van der Waals surface area contributed by atoms with Gasteiger partial charge in [-0.1, -0.05) is 24.6 Å². The van der Waals surface area contributed by atoms with Crippen LogP contribution in [0, 0.1) is 13.8 Å². The van der Waals surface area contributed by atoms with Crippen molar-refractivity contribution in [2.24, 2.45) is 0 Å². The number of nitrogens with zero attached hydrogens (tertiary/aromatic N) is 4. The number of nitrogens with one attached hydrogen (secondary N) is 1. The minimum absolute atomic E-state index is 0.712. The monoisotopic (exact) mass is 345 g/mol. The molecule has 2 aromatic rings. The summed E-state index contributed by atoms with van der Waals surface area (Å²) in [6.07, 6.45) is 1.80. The predicted molar refractivity (Wildman–Crippen MR) is 101 cm³/mol. The number of halogens is 1. The Morgan fingerprint density at radius 3 is 2.58 bits per heavy atom. The van der Waals surface area contributed by atoms with Crippen molar-refractivity contribution in [3.8, 4) is 0 Å². The van der Waals surface area contributed by atoms with Gasteiger partial charge in [0, 0.05) is 32.4 Å². The van der Waals surface area contributed by atoms with Crippen LogP contribution < -0.4 is 10.2 Å². The number of benzene rings is 1. The van der Waals surface area contributed by atoms with Crippen molar-refractivity contribution in [3.63, 3.8) is 0 Å². The van der Waals surface area contributed by atoms with Gasteiger partial charge in [0.05, 0.1) is 10.7 Å². The van der Waals surface area contributed by atoms with Crippen LogP contribution in [0.3, 0.4) is 0 Å². The van der Waals surface area contributed by atoms with Crippen LogP contribution in [0.25, 0.3) is 0 Å². The van der Waals surface area contributed by atoms with Crippen molar-refractivity contribution in [1.29, 1.82) is 0 Å². The minimum Gasteiger partial charge on any atom is -0.339 e. The summed E-state index contributed by atoms with van der Waals surface area (Å²) in [4.78, 5) is 13.8. The van der Waals surface area contributed by atoms with E-state index >= 15 is 0 Å². The second-order valence-corrected chi connectivity index (χ2v) is 6.63. The summed E-state index contributed by atoms with van der Waals surface area (Å²) in [5.74, 6) is 1.54. The van der Waals surface area contributed by atoms with E-state index in [0.717, 1.165) is 61.3 Å². The lowest BCUT2D eigenvalue weighted by molar-refractivity contribution is 0.270. The zero-order valence-corrected chi connectivity index (χ0v) is 15.3. The number of aryl methyl sites for hydroxylation is 2. The van der Waals surface area contributed by atoms with Gasteiger partial charge in [0.1, 0.15) is 5.82 Å². The van der Waals surface area contributed by atoms with E-state index in [1.54, 1.807) is 6.20 Å². The number of aromatic nitrogens is 2. The van der Waals surface area contributed by atoms with Gasteiger partial charge in [-0.15, -0.1) is 0 Å². The molecule has 0 aliphatic carbocycles. The number of anilines is 3. The molecule has 1 saturated heterocycles. The average Bonchev–Trinajstić information content (AvgIpc) is 2.58. The number of rotatable bonds is 4. The number of likely N-dealkylation sites (N-methyl/N-ethyl adjacent to an activating group) is 1. The lowest BCUT2D eigenvalue weighted by atomic mass is 10.1. The van der Waals surface area contributed by atoms with E-state index < -0.39 is 0 Å². The molecule has 0 unspecified atom stereocenters. The van der Waals surface area contributed by atoms with Crippen LogP contribution in [0.15, 0.2) is 24.4 Å². The molecular weight excluding hydrogens is 322 g/mol. The quantitative estimate of drug-likeness (QED) is 0.916. The topological polar surface area (TPSA) is 44.3 Å². The summed E-state index contributed by atoms with van der Waals surface area (Å²) in [5.41, 5.74) is 3.17. The first kappa shape index (κ1) is 17.0. The Bertz CT molecular complexity index is 687. The van der Waals surface area contributed by atoms with Gasteiger partial charge in [-0.25, -0.2) is 4.98 Å². The molecule has 0 radical (unpaired) electrons. The summed E-state index contributed by atoms with van der Waals surface area (Å²) < 4.78 is 0.